The predicted octanol–water partition coefficient (Wildman–Crippen LogP) is 3.61. The summed E-state index contributed by atoms with van der Waals surface area (Å²) in [5.41, 5.74) is 6.90. The lowest BCUT2D eigenvalue weighted by molar-refractivity contribution is 0.423. The van der Waals surface area contributed by atoms with Gasteiger partial charge in [-0.05, 0) is 59.7 Å². The van der Waals surface area contributed by atoms with Gasteiger partial charge in [0.15, 0.2) is 0 Å². The third-order valence-corrected chi connectivity index (χ3v) is 5.27. The van der Waals surface area contributed by atoms with Crippen molar-refractivity contribution in [1.29, 1.82) is 0 Å². The van der Waals surface area contributed by atoms with Gasteiger partial charge in [0.1, 0.15) is 0 Å². The number of aromatic nitrogens is 4. The van der Waals surface area contributed by atoms with Gasteiger partial charge >= 0.3 is 0 Å². The zero-order valence-electron chi connectivity index (χ0n) is 11.9. The maximum Gasteiger partial charge on any atom is 0.214 e. The molecule has 1 aromatic carbocycles. The third kappa shape index (κ3) is 3.22. The van der Waals surface area contributed by atoms with Crippen molar-refractivity contribution >= 4 is 23.4 Å². The van der Waals surface area contributed by atoms with Crippen LogP contribution < -0.4 is 5.73 Å². The number of rotatable bonds is 4. The van der Waals surface area contributed by atoms with Crippen LogP contribution in [0.15, 0.2) is 28.3 Å². The molecule has 2 aromatic rings. The van der Waals surface area contributed by atoms with E-state index in [0.29, 0.717) is 11.1 Å². The summed E-state index contributed by atoms with van der Waals surface area (Å²) in [6.45, 7) is 1.94. The van der Waals surface area contributed by atoms with Crippen LogP contribution in [-0.4, -0.2) is 20.2 Å². The predicted molar refractivity (Wildman–Crippen MR) is 83.5 cm³/mol. The third-order valence-electron chi connectivity index (χ3n) is 3.82. The molecule has 0 saturated heterocycles. The van der Waals surface area contributed by atoms with Gasteiger partial charge in [-0.3, -0.25) is 0 Å². The van der Waals surface area contributed by atoms with Crippen LogP contribution in [0.4, 0.5) is 0 Å². The van der Waals surface area contributed by atoms with Crippen molar-refractivity contribution in [2.24, 2.45) is 5.73 Å². The van der Waals surface area contributed by atoms with E-state index in [9.17, 15) is 0 Å². The van der Waals surface area contributed by atoms with E-state index in [-0.39, 0.29) is 6.04 Å². The normalized spacial score (nSPS) is 17.3. The van der Waals surface area contributed by atoms with Crippen LogP contribution in [0, 0.1) is 0 Å². The molecular weight excluding hydrogens is 306 g/mol. The summed E-state index contributed by atoms with van der Waals surface area (Å²) in [6.07, 6.45) is 4.79. The van der Waals surface area contributed by atoms with Gasteiger partial charge in [0.25, 0.3) is 0 Å². The largest absolute Gasteiger partial charge is 0.324 e. The summed E-state index contributed by atoms with van der Waals surface area (Å²) in [5, 5.41) is 13.6. The highest BCUT2D eigenvalue weighted by molar-refractivity contribution is 7.99. The van der Waals surface area contributed by atoms with Crippen molar-refractivity contribution in [2.75, 3.05) is 0 Å². The Labute approximate surface area is 133 Å². The molecule has 1 unspecified atom stereocenters. The lowest BCUT2D eigenvalue weighted by atomic mass is 10.1. The first-order valence-electron chi connectivity index (χ1n) is 7.16. The van der Waals surface area contributed by atoms with Crippen molar-refractivity contribution in [3.63, 3.8) is 0 Å². The first-order valence-corrected chi connectivity index (χ1v) is 8.35. The molecule has 1 aliphatic carbocycles. The minimum atomic E-state index is -0.0228. The summed E-state index contributed by atoms with van der Waals surface area (Å²) in [4.78, 5) is 0.954. The molecule has 1 aromatic heterocycles. The molecule has 2 N–H and O–H groups in total. The lowest BCUT2D eigenvalue weighted by Gasteiger charge is -2.12. The Morgan fingerprint density at radius 1 is 1.38 bits per heavy atom. The number of nitrogens with two attached hydrogens (primary N) is 1. The Morgan fingerprint density at radius 3 is 2.81 bits per heavy atom. The molecule has 1 atom stereocenters. The molecule has 7 heteroatoms. The number of benzene rings is 1. The van der Waals surface area contributed by atoms with E-state index in [1.165, 1.54) is 24.6 Å². The molecule has 0 spiro atoms. The Balaban J connectivity index is 1.82. The van der Waals surface area contributed by atoms with Crippen molar-refractivity contribution in [2.45, 2.75) is 54.7 Å². The molecule has 0 aliphatic heterocycles. The van der Waals surface area contributed by atoms with Gasteiger partial charge in [-0.1, -0.05) is 30.5 Å². The zero-order valence-corrected chi connectivity index (χ0v) is 13.4. The van der Waals surface area contributed by atoms with Gasteiger partial charge in [-0.2, -0.15) is 0 Å². The van der Waals surface area contributed by atoms with E-state index in [1.807, 2.05) is 29.8 Å². The smallest absolute Gasteiger partial charge is 0.214 e. The van der Waals surface area contributed by atoms with E-state index in [4.69, 9.17) is 17.3 Å². The second-order valence-electron chi connectivity index (χ2n) is 5.42. The van der Waals surface area contributed by atoms with Gasteiger partial charge < -0.3 is 5.73 Å². The van der Waals surface area contributed by atoms with Crippen LogP contribution in [0.5, 0.6) is 0 Å². The summed E-state index contributed by atoms with van der Waals surface area (Å²) in [6, 6.07) is 6.30. The van der Waals surface area contributed by atoms with Gasteiger partial charge in [0.05, 0.1) is 11.1 Å². The second kappa shape index (κ2) is 6.34. The lowest BCUT2D eigenvalue weighted by Crippen LogP contribution is -2.08. The number of hydrogen-bond acceptors (Lipinski definition) is 5. The Kier molecular flexibility index (Phi) is 4.47. The van der Waals surface area contributed by atoms with E-state index in [2.05, 4.69) is 15.5 Å². The SMILES string of the molecule is CC(N)c1ccc(Sc2nnnn2C2CCCC2)c(Cl)c1. The number of tetrazole rings is 1. The van der Waals surface area contributed by atoms with Gasteiger partial charge in [0, 0.05) is 10.9 Å². The van der Waals surface area contributed by atoms with Crippen molar-refractivity contribution in [3.8, 4) is 0 Å². The fourth-order valence-electron chi connectivity index (χ4n) is 2.61. The fourth-order valence-corrected chi connectivity index (χ4v) is 3.76. The maximum atomic E-state index is 6.35. The molecule has 3 rings (SSSR count). The van der Waals surface area contributed by atoms with Crippen molar-refractivity contribution < 1.29 is 0 Å². The van der Waals surface area contributed by atoms with Gasteiger partial charge in [-0.15, -0.1) is 5.10 Å². The Bertz CT molecular complexity index is 622. The van der Waals surface area contributed by atoms with Crippen molar-refractivity contribution in [1.82, 2.24) is 20.2 Å². The summed E-state index contributed by atoms with van der Waals surface area (Å²) in [5.74, 6) is 0. The monoisotopic (exact) mass is 323 g/mol. The fraction of sp³-hybridized carbons (Fsp3) is 0.500. The molecule has 5 nitrogen and oxygen atoms in total. The molecular formula is C14H18ClN5S. The molecule has 112 valence electrons. The van der Waals surface area contributed by atoms with E-state index in [0.717, 1.165) is 28.5 Å². The summed E-state index contributed by atoms with van der Waals surface area (Å²) >= 11 is 7.86. The van der Waals surface area contributed by atoms with Gasteiger partial charge in [-0.25, -0.2) is 4.68 Å². The number of nitrogens with zero attached hydrogens (tertiary/aromatic N) is 4. The minimum Gasteiger partial charge on any atom is -0.324 e. The molecule has 1 saturated carbocycles. The highest BCUT2D eigenvalue weighted by atomic mass is 35.5. The summed E-state index contributed by atoms with van der Waals surface area (Å²) < 4.78 is 1.94. The maximum absolute atomic E-state index is 6.35. The first-order chi connectivity index (χ1) is 10.1. The Hall–Kier alpha value is -1.11. The van der Waals surface area contributed by atoms with Crippen LogP contribution in [0.1, 0.15) is 50.3 Å². The van der Waals surface area contributed by atoms with Crippen LogP contribution in [0.2, 0.25) is 5.02 Å². The van der Waals surface area contributed by atoms with Gasteiger partial charge in [0.2, 0.25) is 5.16 Å². The Morgan fingerprint density at radius 2 is 2.14 bits per heavy atom. The number of hydrogen-bond donors (Lipinski definition) is 1. The zero-order chi connectivity index (χ0) is 14.8. The van der Waals surface area contributed by atoms with Crippen molar-refractivity contribution in [3.05, 3.63) is 28.8 Å². The molecule has 1 aliphatic rings. The molecule has 1 heterocycles. The van der Waals surface area contributed by atoms with Crippen LogP contribution >= 0.6 is 23.4 Å². The van der Waals surface area contributed by atoms with E-state index < -0.39 is 0 Å². The molecule has 0 amide bonds. The quantitative estimate of drug-likeness (QED) is 0.930. The standard InChI is InChI=1S/C14H18ClN5S/c1-9(16)10-6-7-13(12(15)8-10)21-14-17-18-19-20(14)11-4-2-3-5-11/h6-9,11H,2-5,16H2,1H3. The average Bonchev–Trinajstić information content (AvgIpc) is 3.11. The summed E-state index contributed by atoms with van der Waals surface area (Å²) in [7, 11) is 0. The van der Waals surface area contributed by atoms with Crippen LogP contribution in [-0.2, 0) is 0 Å². The van der Waals surface area contributed by atoms with E-state index >= 15 is 0 Å². The highest BCUT2D eigenvalue weighted by Gasteiger charge is 2.22. The topological polar surface area (TPSA) is 69.6 Å². The molecule has 0 bridgehead atoms. The molecule has 0 radical (unpaired) electrons. The number of halogens is 1. The molecule has 21 heavy (non-hydrogen) atoms. The van der Waals surface area contributed by atoms with E-state index in [1.54, 1.807) is 0 Å². The minimum absolute atomic E-state index is 0.0228. The first kappa shape index (κ1) is 14.8. The van der Waals surface area contributed by atoms with Crippen LogP contribution in [0.25, 0.3) is 0 Å². The second-order valence-corrected chi connectivity index (χ2v) is 6.84. The average molecular weight is 324 g/mol. The van der Waals surface area contributed by atoms with Crippen LogP contribution in [0.3, 0.4) is 0 Å². The highest BCUT2D eigenvalue weighted by Crippen LogP contribution is 2.36. The molecule has 1 fully saturated rings.